The van der Waals surface area contributed by atoms with Crippen LogP contribution in [0.1, 0.15) is 29.6 Å². The van der Waals surface area contributed by atoms with Crippen molar-refractivity contribution in [3.05, 3.63) is 40.7 Å². The molecule has 0 radical (unpaired) electrons. The second kappa shape index (κ2) is 7.24. The molecule has 0 unspecified atom stereocenters. The first-order valence-corrected chi connectivity index (χ1v) is 9.44. The number of thioether (sulfide) groups is 1. The van der Waals surface area contributed by atoms with Crippen LogP contribution in [0, 0.1) is 5.92 Å². The minimum absolute atomic E-state index is 0.0140. The van der Waals surface area contributed by atoms with Crippen molar-refractivity contribution in [2.75, 3.05) is 11.1 Å². The Morgan fingerprint density at radius 3 is 3.23 bits per heavy atom. The summed E-state index contributed by atoms with van der Waals surface area (Å²) in [6.07, 6.45) is 5.11. The molecule has 2 aromatic heterocycles. The Morgan fingerprint density at radius 2 is 2.41 bits per heavy atom. The molecule has 6 heteroatoms. The van der Waals surface area contributed by atoms with E-state index in [0.717, 1.165) is 35.3 Å². The minimum atomic E-state index is 0.0140. The predicted molar refractivity (Wildman–Crippen MR) is 92.3 cm³/mol. The first kappa shape index (κ1) is 15.5. The molecule has 4 nitrogen and oxygen atoms in total. The summed E-state index contributed by atoms with van der Waals surface area (Å²) in [4.78, 5) is 22.1. The molecule has 1 aliphatic carbocycles. The molecule has 116 valence electrons. The Balaban J connectivity index is 1.48. The number of aromatic nitrogens is 2. The second-order valence-corrected chi connectivity index (χ2v) is 7.67. The highest BCUT2D eigenvalue weighted by Crippen LogP contribution is 2.32. The molecule has 1 atom stereocenters. The third-order valence-electron chi connectivity index (χ3n) is 3.64. The summed E-state index contributed by atoms with van der Waals surface area (Å²) in [5.74, 6) is 1.92. The van der Waals surface area contributed by atoms with Crippen molar-refractivity contribution >= 4 is 34.1 Å². The van der Waals surface area contributed by atoms with E-state index in [0.29, 0.717) is 5.75 Å². The highest BCUT2D eigenvalue weighted by molar-refractivity contribution is 7.99. The molecule has 1 N–H and O–H groups in total. The van der Waals surface area contributed by atoms with Crippen LogP contribution in [-0.4, -0.2) is 21.6 Å². The van der Waals surface area contributed by atoms with Gasteiger partial charge >= 0.3 is 0 Å². The van der Waals surface area contributed by atoms with Crippen molar-refractivity contribution in [3.8, 4) is 0 Å². The van der Waals surface area contributed by atoms with Gasteiger partial charge in [-0.3, -0.25) is 9.78 Å². The maximum absolute atomic E-state index is 12.0. The summed E-state index contributed by atoms with van der Waals surface area (Å²) in [6, 6.07) is 5.83. The number of hydrogen-bond donors (Lipinski definition) is 1. The molecule has 1 amide bonds. The monoisotopic (exact) mass is 333 g/mol. The van der Waals surface area contributed by atoms with Gasteiger partial charge in [-0.1, -0.05) is 13.0 Å². The molecule has 2 aromatic rings. The van der Waals surface area contributed by atoms with Gasteiger partial charge in [0.05, 0.1) is 17.1 Å². The standard InChI is InChI=1S/C16H19N3OS2/c1-11-5-6-13-14(8-11)22-16(18-13)19-15(20)10-21-9-12-4-2-3-7-17-12/h2-4,7,11H,5-6,8-10H2,1H3,(H,18,19,20)/t11-/m0/s1. The van der Waals surface area contributed by atoms with Gasteiger partial charge in [0.1, 0.15) is 0 Å². The quantitative estimate of drug-likeness (QED) is 0.909. The molecule has 0 spiro atoms. The van der Waals surface area contributed by atoms with Gasteiger partial charge in [0.25, 0.3) is 0 Å². The summed E-state index contributed by atoms with van der Waals surface area (Å²) < 4.78 is 0. The Bertz CT molecular complexity index is 642. The number of amides is 1. The number of rotatable bonds is 5. The predicted octanol–water partition coefficient (Wildman–Crippen LogP) is 3.53. The fourth-order valence-corrected chi connectivity index (χ4v) is 4.41. The van der Waals surface area contributed by atoms with Crippen LogP contribution in [0.15, 0.2) is 24.4 Å². The highest BCUT2D eigenvalue weighted by atomic mass is 32.2. The van der Waals surface area contributed by atoms with E-state index >= 15 is 0 Å². The van der Waals surface area contributed by atoms with Gasteiger partial charge in [-0.05, 0) is 37.3 Å². The Hall–Kier alpha value is -1.40. The van der Waals surface area contributed by atoms with E-state index in [9.17, 15) is 4.79 Å². The van der Waals surface area contributed by atoms with Crippen molar-refractivity contribution in [1.82, 2.24) is 9.97 Å². The first-order valence-electron chi connectivity index (χ1n) is 7.47. The average Bonchev–Trinajstić information content (AvgIpc) is 2.89. The summed E-state index contributed by atoms with van der Waals surface area (Å²) in [5.41, 5.74) is 2.18. The maximum atomic E-state index is 12.0. The lowest BCUT2D eigenvalue weighted by molar-refractivity contribution is -0.113. The Kier molecular flexibility index (Phi) is 5.10. The van der Waals surface area contributed by atoms with Crippen LogP contribution in [0.5, 0.6) is 0 Å². The number of aryl methyl sites for hydroxylation is 1. The SMILES string of the molecule is C[C@H]1CCc2nc(NC(=O)CSCc3ccccn3)sc2C1. The number of fused-ring (bicyclic) bond motifs is 1. The van der Waals surface area contributed by atoms with Gasteiger partial charge in [-0.15, -0.1) is 23.1 Å². The molecule has 2 heterocycles. The average molecular weight is 333 g/mol. The van der Waals surface area contributed by atoms with Crippen LogP contribution in [0.3, 0.4) is 0 Å². The van der Waals surface area contributed by atoms with Gasteiger partial charge in [0, 0.05) is 16.8 Å². The van der Waals surface area contributed by atoms with Gasteiger partial charge in [0.15, 0.2) is 5.13 Å². The summed E-state index contributed by atoms with van der Waals surface area (Å²) in [6.45, 7) is 2.27. The van der Waals surface area contributed by atoms with E-state index in [1.54, 1.807) is 29.3 Å². The zero-order valence-electron chi connectivity index (χ0n) is 12.5. The van der Waals surface area contributed by atoms with Crippen LogP contribution >= 0.6 is 23.1 Å². The second-order valence-electron chi connectivity index (χ2n) is 5.60. The fraction of sp³-hybridized carbons (Fsp3) is 0.438. The first-order chi connectivity index (χ1) is 10.7. The lowest BCUT2D eigenvalue weighted by Gasteiger charge is -2.15. The largest absolute Gasteiger partial charge is 0.301 e. The molecular weight excluding hydrogens is 314 g/mol. The van der Waals surface area contributed by atoms with E-state index in [2.05, 4.69) is 22.2 Å². The molecule has 0 fully saturated rings. The topological polar surface area (TPSA) is 54.9 Å². The van der Waals surface area contributed by atoms with E-state index in [-0.39, 0.29) is 5.91 Å². The third-order valence-corrected chi connectivity index (χ3v) is 5.64. The van der Waals surface area contributed by atoms with Gasteiger partial charge in [-0.25, -0.2) is 4.98 Å². The molecule has 0 bridgehead atoms. The van der Waals surface area contributed by atoms with E-state index < -0.39 is 0 Å². The lowest BCUT2D eigenvalue weighted by atomic mass is 9.93. The van der Waals surface area contributed by atoms with Crippen molar-refractivity contribution in [1.29, 1.82) is 0 Å². The number of pyridine rings is 1. The molecule has 0 aromatic carbocycles. The van der Waals surface area contributed by atoms with Gasteiger partial charge in [-0.2, -0.15) is 0 Å². The zero-order valence-corrected chi connectivity index (χ0v) is 14.2. The Morgan fingerprint density at radius 1 is 1.50 bits per heavy atom. The van der Waals surface area contributed by atoms with Crippen LogP contribution in [0.4, 0.5) is 5.13 Å². The Labute approximate surface area is 138 Å². The number of anilines is 1. The van der Waals surface area contributed by atoms with Crippen LogP contribution in [-0.2, 0) is 23.4 Å². The number of nitrogens with one attached hydrogen (secondary N) is 1. The fourth-order valence-electron chi connectivity index (χ4n) is 2.48. The molecule has 1 aliphatic rings. The normalized spacial score (nSPS) is 17.0. The zero-order chi connectivity index (χ0) is 15.4. The smallest absolute Gasteiger partial charge is 0.236 e. The molecule has 22 heavy (non-hydrogen) atoms. The minimum Gasteiger partial charge on any atom is -0.301 e. The maximum Gasteiger partial charge on any atom is 0.236 e. The summed E-state index contributed by atoms with van der Waals surface area (Å²) >= 11 is 3.20. The number of carbonyl (C=O) groups excluding carboxylic acids is 1. The lowest BCUT2D eigenvalue weighted by Crippen LogP contribution is -2.14. The van der Waals surface area contributed by atoms with Gasteiger partial charge < -0.3 is 5.32 Å². The van der Waals surface area contributed by atoms with E-state index in [4.69, 9.17) is 0 Å². The number of nitrogens with zero attached hydrogens (tertiary/aromatic N) is 2. The van der Waals surface area contributed by atoms with Crippen LogP contribution < -0.4 is 5.32 Å². The molecule has 3 rings (SSSR count). The number of thiazole rings is 1. The molecule has 0 saturated heterocycles. The third kappa shape index (κ3) is 4.08. The van der Waals surface area contributed by atoms with Gasteiger partial charge in [0.2, 0.25) is 5.91 Å². The molecule has 0 aliphatic heterocycles. The van der Waals surface area contributed by atoms with Crippen molar-refractivity contribution in [3.63, 3.8) is 0 Å². The van der Waals surface area contributed by atoms with E-state index in [1.807, 2.05) is 18.2 Å². The van der Waals surface area contributed by atoms with Crippen molar-refractivity contribution in [2.45, 2.75) is 31.9 Å². The highest BCUT2D eigenvalue weighted by Gasteiger charge is 2.20. The molecular formula is C16H19N3OS2. The van der Waals surface area contributed by atoms with E-state index in [1.165, 1.54) is 17.0 Å². The van der Waals surface area contributed by atoms with Crippen LogP contribution in [0.2, 0.25) is 0 Å². The van der Waals surface area contributed by atoms with Crippen LogP contribution in [0.25, 0.3) is 0 Å². The summed E-state index contributed by atoms with van der Waals surface area (Å²) in [7, 11) is 0. The van der Waals surface area contributed by atoms with Crippen molar-refractivity contribution < 1.29 is 4.79 Å². The number of carbonyl (C=O) groups is 1. The number of hydrogen-bond acceptors (Lipinski definition) is 5. The van der Waals surface area contributed by atoms with Crippen molar-refractivity contribution in [2.24, 2.45) is 5.92 Å². The summed E-state index contributed by atoms with van der Waals surface area (Å²) in [5, 5.41) is 3.68. The molecule has 0 saturated carbocycles.